The molecule has 170 valence electrons. The van der Waals surface area contributed by atoms with E-state index in [1.165, 1.54) is 7.11 Å². The molecule has 0 saturated heterocycles. The van der Waals surface area contributed by atoms with E-state index >= 15 is 0 Å². The highest BCUT2D eigenvalue weighted by Crippen LogP contribution is 2.47. The lowest BCUT2D eigenvalue weighted by Crippen LogP contribution is -2.40. The first kappa shape index (κ1) is 22.3. The van der Waals surface area contributed by atoms with E-state index in [0.717, 1.165) is 28.0 Å². The van der Waals surface area contributed by atoms with Crippen molar-refractivity contribution in [3.63, 3.8) is 0 Å². The van der Waals surface area contributed by atoms with E-state index in [0.29, 0.717) is 19.0 Å². The van der Waals surface area contributed by atoms with E-state index in [1.54, 1.807) is 7.11 Å². The fourth-order valence-electron chi connectivity index (χ4n) is 4.01. The van der Waals surface area contributed by atoms with Gasteiger partial charge in [0.05, 0.1) is 18.7 Å². The Morgan fingerprint density at radius 2 is 1.88 bits per heavy atom. The van der Waals surface area contributed by atoms with Crippen LogP contribution in [0.25, 0.3) is 11.0 Å². The van der Waals surface area contributed by atoms with Crippen LogP contribution in [0.4, 0.5) is 0 Å². The Labute approximate surface area is 187 Å². The summed E-state index contributed by atoms with van der Waals surface area (Å²) in [5.41, 5.74) is 3.37. The average Bonchev–Trinajstić information content (AvgIpc) is 3.09. The van der Waals surface area contributed by atoms with Gasteiger partial charge in [-0.15, -0.1) is 0 Å². The summed E-state index contributed by atoms with van der Waals surface area (Å²) >= 11 is 0. The van der Waals surface area contributed by atoms with Crippen molar-refractivity contribution >= 4 is 17.0 Å². The predicted molar refractivity (Wildman–Crippen MR) is 118 cm³/mol. The summed E-state index contributed by atoms with van der Waals surface area (Å²) in [6.45, 7) is 2.53. The maximum atomic E-state index is 12.4. The molecule has 0 amide bonds. The Morgan fingerprint density at radius 3 is 2.59 bits per heavy atom. The molecule has 1 aromatic heterocycles. The van der Waals surface area contributed by atoms with Crippen molar-refractivity contribution in [3.8, 4) is 5.75 Å². The third-order valence-electron chi connectivity index (χ3n) is 5.65. The number of esters is 1. The van der Waals surface area contributed by atoms with Crippen LogP contribution < -0.4 is 4.74 Å². The number of hydrogen-bond acceptors (Lipinski definition) is 7. The highest BCUT2D eigenvalue weighted by atomic mass is 16.6. The zero-order chi connectivity index (χ0) is 22.7. The molecule has 0 saturated carbocycles. The zero-order valence-electron chi connectivity index (χ0n) is 18.7. The average molecular weight is 440 g/mol. The Morgan fingerprint density at radius 1 is 1.09 bits per heavy atom. The Hall–Kier alpha value is -2.94. The summed E-state index contributed by atoms with van der Waals surface area (Å²) in [6.07, 6.45) is -1.86. The molecule has 0 radical (unpaired) electrons. The molecular formula is C24H28N2O6. The number of methoxy groups -OCH3 is 2. The monoisotopic (exact) mass is 440 g/mol. The van der Waals surface area contributed by atoms with E-state index in [-0.39, 0.29) is 6.61 Å². The van der Waals surface area contributed by atoms with Crippen molar-refractivity contribution in [1.82, 2.24) is 9.55 Å². The summed E-state index contributed by atoms with van der Waals surface area (Å²) in [5, 5.41) is 0. The minimum absolute atomic E-state index is 0.159. The van der Waals surface area contributed by atoms with Gasteiger partial charge in [0.25, 0.3) is 0 Å². The molecule has 8 nitrogen and oxygen atoms in total. The van der Waals surface area contributed by atoms with Crippen LogP contribution in [0.2, 0.25) is 0 Å². The summed E-state index contributed by atoms with van der Waals surface area (Å²) < 4.78 is 30.8. The number of carbonyl (C=O) groups excluding carboxylic acids is 1. The molecule has 4 rings (SSSR count). The van der Waals surface area contributed by atoms with E-state index < -0.39 is 24.3 Å². The first-order chi connectivity index (χ1) is 15.5. The fourth-order valence-corrected chi connectivity index (χ4v) is 4.01. The van der Waals surface area contributed by atoms with Gasteiger partial charge in [0.15, 0.2) is 18.0 Å². The van der Waals surface area contributed by atoms with Gasteiger partial charge in [-0.2, -0.15) is 0 Å². The van der Waals surface area contributed by atoms with Crippen LogP contribution in [0.3, 0.4) is 0 Å². The van der Waals surface area contributed by atoms with Gasteiger partial charge in [-0.1, -0.05) is 36.4 Å². The molecular weight excluding hydrogens is 412 g/mol. The number of benzene rings is 2. The van der Waals surface area contributed by atoms with Gasteiger partial charge in [0.2, 0.25) is 0 Å². The third kappa shape index (κ3) is 4.21. The molecule has 1 aliphatic heterocycles. The SMILES string of the molecule is COCCO[C@@H]1c2ccc3c(nc(C)n3C)c2O[C@H](c2ccccc2)[C@H]1OC(=O)COC. The Bertz CT molecular complexity index is 1080. The highest BCUT2D eigenvalue weighted by Gasteiger charge is 2.44. The summed E-state index contributed by atoms with van der Waals surface area (Å²) in [6, 6.07) is 13.6. The lowest BCUT2D eigenvalue weighted by Gasteiger charge is -2.39. The van der Waals surface area contributed by atoms with E-state index in [1.807, 2.05) is 61.0 Å². The molecule has 8 heteroatoms. The first-order valence-corrected chi connectivity index (χ1v) is 10.5. The van der Waals surface area contributed by atoms with Crippen LogP contribution in [-0.2, 0) is 30.8 Å². The van der Waals surface area contributed by atoms with E-state index in [4.69, 9.17) is 28.7 Å². The van der Waals surface area contributed by atoms with Gasteiger partial charge >= 0.3 is 5.97 Å². The fraction of sp³-hybridized carbons (Fsp3) is 0.417. The Kier molecular flexibility index (Phi) is 6.74. The van der Waals surface area contributed by atoms with Gasteiger partial charge in [0, 0.05) is 26.8 Å². The number of fused-ring (bicyclic) bond motifs is 3. The number of nitrogens with zero attached hydrogens (tertiary/aromatic N) is 2. The van der Waals surface area contributed by atoms with Crippen molar-refractivity contribution < 1.29 is 28.5 Å². The topological polar surface area (TPSA) is 81.0 Å². The minimum Gasteiger partial charge on any atom is -0.479 e. The molecule has 3 atom stereocenters. The molecule has 0 unspecified atom stereocenters. The second-order valence-corrected chi connectivity index (χ2v) is 7.69. The molecule has 1 aliphatic rings. The van der Waals surface area contributed by atoms with Crippen LogP contribution in [0.5, 0.6) is 5.75 Å². The second-order valence-electron chi connectivity index (χ2n) is 7.69. The summed E-state index contributed by atoms with van der Waals surface area (Å²) in [7, 11) is 5.04. The highest BCUT2D eigenvalue weighted by molar-refractivity contribution is 5.85. The number of aryl methyl sites for hydroxylation is 2. The number of imidazole rings is 1. The van der Waals surface area contributed by atoms with Gasteiger partial charge in [-0.05, 0) is 18.6 Å². The van der Waals surface area contributed by atoms with Gasteiger partial charge in [-0.3, -0.25) is 0 Å². The van der Waals surface area contributed by atoms with Crippen molar-refractivity contribution in [2.75, 3.05) is 34.0 Å². The van der Waals surface area contributed by atoms with Crippen LogP contribution in [-0.4, -0.2) is 55.7 Å². The number of aromatic nitrogens is 2. The summed E-state index contributed by atoms with van der Waals surface area (Å²) in [4.78, 5) is 17.2. The standard InChI is InChI=1S/C24H28N2O6/c1-15-25-20-18(26(15)2)11-10-17-22(20)32-21(16-8-6-5-7-9-16)24(31-19(27)14-29-4)23(17)30-13-12-28-3/h5-11,21,23-24H,12-14H2,1-4H3/t21-,23-,24-/m1/s1. The van der Waals surface area contributed by atoms with Crippen LogP contribution in [0, 0.1) is 6.92 Å². The molecule has 2 aromatic carbocycles. The van der Waals surface area contributed by atoms with Crippen molar-refractivity contribution in [3.05, 3.63) is 59.4 Å². The van der Waals surface area contributed by atoms with Crippen LogP contribution in [0.15, 0.2) is 42.5 Å². The Balaban J connectivity index is 1.84. The first-order valence-electron chi connectivity index (χ1n) is 10.5. The molecule has 0 N–H and O–H groups in total. The molecule has 0 fully saturated rings. The van der Waals surface area contributed by atoms with Gasteiger partial charge < -0.3 is 28.3 Å². The second kappa shape index (κ2) is 9.68. The number of ether oxygens (including phenoxy) is 5. The molecule has 0 spiro atoms. The maximum Gasteiger partial charge on any atom is 0.332 e. The molecule has 3 aromatic rings. The zero-order valence-corrected chi connectivity index (χ0v) is 18.7. The number of hydrogen-bond donors (Lipinski definition) is 0. The lowest BCUT2D eigenvalue weighted by atomic mass is 9.91. The van der Waals surface area contributed by atoms with Crippen molar-refractivity contribution in [2.24, 2.45) is 7.05 Å². The van der Waals surface area contributed by atoms with E-state index in [2.05, 4.69) is 0 Å². The number of carbonyl (C=O) groups is 1. The quantitative estimate of drug-likeness (QED) is 0.393. The lowest BCUT2D eigenvalue weighted by molar-refractivity contribution is -0.176. The van der Waals surface area contributed by atoms with E-state index in [9.17, 15) is 4.79 Å². The normalized spacial score (nSPS) is 20.1. The van der Waals surface area contributed by atoms with Gasteiger partial charge in [-0.25, -0.2) is 9.78 Å². The van der Waals surface area contributed by atoms with Gasteiger partial charge in [0.1, 0.15) is 24.1 Å². The number of rotatable bonds is 8. The van der Waals surface area contributed by atoms with Crippen LogP contribution >= 0.6 is 0 Å². The van der Waals surface area contributed by atoms with Crippen molar-refractivity contribution in [2.45, 2.75) is 25.2 Å². The molecule has 2 heterocycles. The van der Waals surface area contributed by atoms with Crippen LogP contribution in [0.1, 0.15) is 29.2 Å². The third-order valence-corrected chi connectivity index (χ3v) is 5.65. The molecule has 32 heavy (non-hydrogen) atoms. The maximum absolute atomic E-state index is 12.4. The van der Waals surface area contributed by atoms with Crippen molar-refractivity contribution in [1.29, 1.82) is 0 Å². The molecule has 0 bridgehead atoms. The largest absolute Gasteiger partial charge is 0.479 e. The molecule has 0 aliphatic carbocycles. The predicted octanol–water partition coefficient (Wildman–Crippen LogP) is 3.28. The smallest absolute Gasteiger partial charge is 0.332 e. The summed E-state index contributed by atoms with van der Waals surface area (Å²) in [5.74, 6) is 1.03. The minimum atomic E-state index is -0.716.